The average Bonchev–Trinajstić information content (AvgIpc) is 2.83. The maximum atomic E-state index is 9.70. The lowest BCUT2D eigenvalue weighted by Gasteiger charge is -2.39. The van der Waals surface area contributed by atoms with Crippen LogP contribution in [0.4, 0.5) is 0 Å². The SMILES string of the molecule is OC[C@H]1OC(Sn2cnnn2)[C@H](O)[C@@H](O)[C@H]1O. The highest BCUT2D eigenvalue weighted by Gasteiger charge is 2.44. The van der Waals surface area contributed by atoms with Crippen LogP contribution in [0.2, 0.25) is 0 Å². The van der Waals surface area contributed by atoms with E-state index >= 15 is 0 Å². The van der Waals surface area contributed by atoms with Gasteiger partial charge in [0.1, 0.15) is 24.4 Å². The number of aliphatic hydroxyl groups excluding tert-OH is 4. The van der Waals surface area contributed by atoms with E-state index in [4.69, 9.17) is 9.84 Å². The minimum absolute atomic E-state index is 0.461. The molecule has 0 saturated carbocycles. The first kappa shape index (κ1) is 12.7. The van der Waals surface area contributed by atoms with E-state index in [2.05, 4.69) is 15.5 Å². The van der Waals surface area contributed by atoms with Crippen LogP contribution in [-0.2, 0) is 4.74 Å². The van der Waals surface area contributed by atoms with Crippen molar-refractivity contribution in [1.82, 2.24) is 19.6 Å². The molecule has 0 bridgehead atoms. The average molecular weight is 264 g/mol. The molecule has 96 valence electrons. The molecule has 2 heterocycles. The first-order valence-electron chi connectivity index (χ1n) is 4.84. The molecule has 17 heavy (non-hydrogen) atoms. The summed E-state index contributed by atoms with van der Waals surface area (Å²) in [5.41, 5.74) is -0.881. The van der Waals surface area contributed by atoms with Crippen molar-refractivity contribution in [1.29, 1.82) is 0 Å². The van der Waals surface area contributed by atoms with Crippen molar-refractivity contribution in [2.75, 3.05) is 6.61 Å². The van der Waals surface area contributed by atoms with Crippen LogP contribution in [0.15, 0.2) is 6.33 Å². The molecule has 9 nitrogen and oxygen atoms in total. The third-order valence-electron chi connectivity index (χ3n) is 2.39. The Morgan fingerprint density at radius 3 is 2.59 bits per heavy atom. The molecule has 1 fully saturated rings. The normalized spacial score (nSPS) is 38.2. The molecular formula is C7H12N4O5S. The molecule has 0 amide bonds. The van der Waals surface area contributed by atoms with Gasteiger partial charge in [-0.1, -0.05) is 0 Å². The van der Waals surface area contributed by atoms with Crippen molar-refractivity contribution in [2.24, 2.45) is 0 Å². The molecule has 1 aliphatic heterocycles. The lowest BCUT2D eigenvalue weighted by molar-refractivity contribution is -0.205. The van der Waals surface area contributed by atoms with Gasteiger partial charge < -0.3 is 25.2 Å². The Morgan fingerprint density at radius 1 is 1.24 bits per heavy atom. The highest BCUT2D eigenvalue weighted by atomic mass is 32.2. The van der Waals surface area contributed by atoms with Crippen LogP contribution in [0.25, 0.3) is 0 Å². The van der Waals surface area contributed by atoms with Crippen molar-refractivity contribution >= 4 is 11.9 Å². The van der Waals surface area contributed by atoms with Gasteiger partial charge >= 0.3 is 0 Å². The number of hydrogen-bond acceptors (Lipinski definition) is 9. The Labute approximate surface area is 100 Å². The van der Waals surface area contributed by atoms with E-state index in [1.54, 1.807) is 0 Å². The Bertz CT molecular complexity index is 350. The zero-order valence-electron chi connectivity index (χ0n) is 8.57. The molecule has 1 aliphatic rings. The number of ether oxygens (including phenoxy) is 1. The van der Waals surface area contributed by atoms with E-state index in [0.29, 0.717) is 0 Å². The maximum Gasteiger partial charge on any atom is 0.153 e. The molecular weight excluding hydrogens is 252 g/mol. The number of hydrogen-bond donors (Lipinski definition) is 4. The largest absolute Gasteiger partial charge is 0.394 e. The van der Waals surface area contributed by atoms with Crippen LogP contribution >= 0.6 is 11.9 Å². The summed E-state index contributed by atoms with van der Waals surface area (Å²) in [6.07, 6.45) is -3.69. The zero-order chi connectivity index (χ0) is 12.4. The van der Waals surface area contributed by atoms with Gasteiger partial charge in [0.05, 0.1) is 6.61 Å². The lowest BCUT2D eigenvalue weighted by atomic mass is 10.0. The van der Waals surface area contributed by atoms with Crippen LogP contribution in [0.3, 0.4) is 0 Å². The van der Waals surface area contributed by atoms with Gasteiger partial charge in [0.25, 0.3) is 0 Å². The molecule has 10 heteroatoms. The number of rotatable bonds is 3. The van der Waals surface area contributed by atoms with Crippen molar-refractivity contribution in [3.05, 3.63) is 6.33 Å². The molecule has 0 aliphatic carbocycles. The van der Waals surface area contributed by atoms with Gasteiger partial charge in [-0.3, -0.25) is 0 Å². The van der Waals surface area contributed by atoms with Crippen LogP contribution in [-0.4, -0.2) is 76.5 Å². The summed E-state index contributed by atoms with van der Waals surface area (Å²) in [5, 5.41) is 48.1. The van der Waals surface area contributed by atoms with Gasteiger partial charge in [-0.05, 0) is 10.4 Å². The van der Waals surface area contributed by atoms with E-state index in [-0.39, 0.29) is 0 Å². The highest BCUT2D eigenvalue weighted by molar-refractivity contribution is 7.98. The van der Waals surface area contributed by atoms with Crippen LogP contribution < -0.4 is 0 Å². The number of tetrazole rings is 1. The van der Waals surface area contributed by atoms with Gasteiger partial charge in [-0.2, -0.15) is 4.09 Å². The smallest absolute Gasteiger partial charge is 0.153 e. The second-order valence-corrected chi connectivity index (χ2v) is 4.56. The van der Waals surface area contributed by atoms with Crippen molar-refractivity contribution in [2.45, 2.75) is 29.9 Å². The Balaban J connectivity index is 2.06. The number of aliphatic hydroxyl groups is 4. The summed E-state index contributed by atoms with van der Waals surface area (Å²) in [6.45, 7) is -0.461. The first-order chi connectivity index (χ1) is 8.13. The van der Waals surface area contributed by atoms with Gasteiger partial charge in [-0.15, -0.1) is 5.10 Å². The molecule has 1 aromatic heterocycles. The van der Waals surface area contributed by atoms with E-state index in [1.165, 1.54) is 10.4 Å². The van der Waals surface area contributed by atoms with Crippen molar-refractivity contribution in [3.8, 4) is 0 Å². The zero-order valence-corrected chi connectivity index (χ0v) is 9.38. The van der Waals surface area contributed by atoms with E-state index in [1.807, 2.05) is 0 Å². The predicted molar refractivity (Wildman–Crippen MR) is 54.6 cm³/mol. The summed E-state index contributed by atoms with van der Waals surface area (Å²) >= 11 is 0.930. The van der Waals surface area contributed by atoms with Crippen molar-refractivity contribution < 1.29 is 25.2 Å². The number of nitrogens with zero attached hydrogens (tertiary/aromatic N) is 4. The van der Waals surface area contributed by atoms with Gasteiger partial charge in [0.15, 0.2) is 11.8 Å². The summed E-state index contributed by atoms with van der Waals surface area (Å²) in [7, 11) is 0. The maximum absolute atomic E-state index is 9.70. The third-order valence-corrected chi connectivity index (χ3v) is 3.37. The van der Waals surface area contributed by atoms with Crippen LogP contribution in [0.1, 0.15) is 0 Å². The second kappa shape index (κ2) is 5.25. The minimum Gasteiger partial charge on any atom is -0.394 e. The van der Waals surface area contributed by atoms with E-state index in [0.717, 1.165) is 11.9 Å². The summed E-state index contributed by atoms with van der Waals surface area (Å²) in [4.78, 5) is 0. The van der Waals surface area contributed by atoms with Crippen LogP contribution in [0, 0.1) is 0 Å². The highest BCUT2D eigenvalue weighted by Crippen LogP contribution is 2.28. The third kappa shape index (κ3) is 2.56. The molecule has 1 unspecified atom stereocenters. The quantitative estimate of drug-likeness (QED) is 0.449. The molecule has 0 radical (unpaired) electrons. The summed E-state index contributed by atoms with van der Waals surface area (Å²) < 4.78 is 6.48. The Hall–Kier alpha value is -0.780. The molecule has 0 spiro atoms. The Morgan fingerprint density at radius 2 is 2.00 bits per heavy atom. The molecule has 4 N–H and O–H groups in total. The Kier molecular flexibility index (Phi) is 3.91. The topological polar surface area (TPSA) is 134 Å². The number of aromatic nitrogens is 4. The van der Waals surface area contributed by atoms with E-state index in [9.17, 15) is 15.3 Å². The summed E-state index contributed by atoms with van der Waals surface area (Å²) in [6, 6.07) is 0. The minimum atomic E-state index is -1.39. The fourth-order valence-electron chi connectivity index (χ4n) is 1.46. The van der Waals surface area contributed by atoms with Gasteiger partial charge in [0, 0.05) is 11.9 Å². The summed E-state index contributed by atoms with van der Waals surface area (Å²) in [5.74, 6) is 0. The molecule has 1 aromatic rings. The predicted octanol–water partition coefficient (Wildman–Crippen LogP) is -3.03. The first-order valence-corrected chi connectivity index (χ1v) is 5.68. The van der Waals surface area contributed by atoms with Gasteiger partial charge in [-0.25, -0.2) is 0 Å². The monoisotopic (exact) mass is 264 g/mol. The fourth-order valence-corrected chi connectivity index (χ4v) is 2.32. The van der Waals surface area contributed by atoms with Gasteiger partial charge in [0.2, 0.25) is 0 Å². The molecule has 0 aromatic carbocycles. The fraction of sp³-hybridized carbons (Fsp3) is 0.857. The molecule has 2 rings (SSSR count). The van der Waals surface area contributed by atoms with Crippen LogP contribution in [0.5, 0.6) is 0 Å². The second-order valence-electron chi connectivity index (χ2n) is 3.52. The van der Waals surface area contributed by atoms with E-state index < -0.39 is 36.5 Å². The molecule has 5 atom stereocenters. The molecule has 1 saturated heterocycles. The lowest BCUT2D eigenvalue weighted by Crippen LogP contribution is -2.57. The standard InChI is InChI=1S/C7H12N4O5S/c12-1-3-4(13)5(14)6(15)7(16-3)17-11-2-8-9-10-11/h2-7,12-15H,1H2/t3-,4+,5+,6-,7?/m1/s1. The van der Waals surface area contributed by atoms with Crippen molar-refractivity contribution in [3.63, 3.8) is 0 Å².